The molecule has 2 fully saturated rings. The van der Waals surface area contributed by atoms with Crippen molar-refractivity contribution in [2.75, 3.05) is 13.1 Å². The van der Waals surface area contributed by atoms with E-state index in [9.17, 15) is 4.79 Å². The molecule has 2 N–H and O–H groups in total. The van der Waals surface area contributed by atoms with E-state index in [2.05, 4.69) is 29.4 Å². The number of urea groups is 1. The Morgan fingerprint density at radius 2 is 2.00 bits per heavy atom. The standard InChI is InChI=1S/C12H23N3O/c1-9(2)15(11-5-6-11)8-7-13-12(16)14-10-3-4-10/h9-11H,3-8H2,1-2H3,(H2,13,14,16). The molecule has 92 valence electrons. The van der Waals surface area contributed by atoms with Gasteiger partial charge in [0.05, 0.1) is 0 Å². The molecule has 2 saturated carbocycles. The van der Waals surface area contributed by atoms with Crippen LogP contribution in [0.1, 0.15) is 39.5 Å². The second-order valence-corrected chi connectivity index (χ2v) is 5.24. The molecule has 2 aliphatic carbocycles. The molecular formula is C12H23N3O. The molecule has 0 aromatic carbocycles. The highest BCUT2D eigenvalue weighted by molar-refractivity contribution is 5.74. The zero-order chi connectivity index (χ0) is 11.5. The van der Waals surface area contributed by atoms with Crippen molar-refractivity contribution < 1.29 is 4.79 Å². The average Bonchev–Trinajstić information content (AvgIpc) is 3.04. The number of hydrogen-bond donors (Lipinski definition) is 2. The van der Waals surface area contributed by atoms with Crippen molar-refractivity contribution in [2.24, 2.45) is 0 Å². The number of nitrogens with zero attached hydrogens (tertiary/aromatic N) is 1. The highest BCUT2D eigenvalue weighted by Gasteiger charge is 2.30. The highest BCUT2D eigenvalue weighted by atomic mass is 16.2. The average molecular weight is 225 g/mol. The molecule has 4 heteroatoms. The molecule has 0 unspecified atom stereocenters. The van der Waals surface area contributed by atoms with Crippen LogP contribution in [-0.2, 0) is 0 Å². The zero-order valence-corrected chi connectivity index (χ0v) is 10.3. The molecule has 16 heavy (non-hydrogen) atoms. The quantitative estimate of drug-likeness (QED) is 0.716. The summed E-state index contributed by atoms with van der Waals surface area (Å²) in [5, 5.41) is 5.86. The summed E-state index contributed by atoms with van der Waals surface area (Å²) in [5.74, 6) is 0. The maximum atomic E-state index is 11.4. The van der Waals surface area contributed by atoms with Crippen molar-refractivity contribution >= 4 is 6.03 Å². The molecule has 2 aliphatic rings. The van der Waals surface area contributed by atoms with E-state index in [1.165, 1.54) is 12.8 Å². The van der Waals surface area contributed by atoms with Crippen LogP contribution >= 0.6 is 0 Å². The van der Waals surface area contributed by atoms with Crippen LogP contribution in [0.3, 0.4) is 0 Å². The van der Waals surface area contributed by atoms with E-state index in [0.29, 0.717) is 12.1 Å². The van der Waals surface area contributed by atoms with Gasteiger partial charge in [-0.3, -0.25) is 4.90 Å². The minimum Gasteiger partial charge on any atom is -0.337 e. The van der Waals surface area contributed by atoms with Gasteiger partial charge in [0.25, 0.3) is 0 Å². The van der Waals surface area contributed by atoms with Gasteiger partial charge in [0.1, 0.15) is 0 Å². The Morgan fingerprint density at radius 1 is 1.31 bits per heavy atom. The number of hydrogen-bond acceptors (Lipinski definition) is 2. The van der Waals surface area contributed by atoms with Crippen molar-refractivity contribution in [2.45, 2.75) is 57.7 Å². The molecular weight excluding hydrogens is 202 g/mol. The van der Waals surface area contributed by atoms with Crippen LogP contribution in [-0.4, -0.2) is 42.1 Å². The first kappa shape index (κ1) is 11.7. The second kappa shape index (κ2) is 5.04. The Kier molecular flexibility index (Phi) is 3.69. The Hall–Kier alpha value is -0.770. The fraction of sp³-hybridized carbons (Fsp3) is 0.917. The number of carbonyl (C=O) groups excluding carboxylic acids is 1. The third-order valence-corrected chi connectivity index (χ3v) is 3.25. The lowest BCUT2D eigenvalue weighted by Gasteiger charge is -2.26. The summed E-state index contributed by atoms with van der Waals surface area (Å²) in [7, 11) is 0. The molecule has 0 spiro atoms. The molecule has 4 nitrogen and oxygen atoms in total. The lowest BCUT2D eigenvalue weighted by atomic mass is 10.3. The van der Waals surface area contributed by atoms with Gasteiger partial charge < -0.3 is 10.6 Å². The molecule has 2 amide bonds. The monoisotopic (exact) mass is 225 g/mol. The summed E-state index contributed by atoms with van der Waals surface area (Å²) in [4.78, 5) is 13.9. The van der Waals surface area contributed by atoms with Crippen LogP contribution < -0.4 is 10.6 Å². The van der Waals surface area contributed by atoms with Crippen LogP contribution in [0.25, 0.3) is 0 Å². The normalized spacial score (nSPS) is 20.2. The van der Waals surface area contributed by atoms with E-state index < -0.39 is 0 Å². The predicted molar refractivity (Wildman–Crippen MR) is 64.4 cm³/mol. The first-order valence-corrected chi connectivity index (χ1v) is 6.47. The Labute approximate surface area is 97.8 Å². The van der Waals surface area contributed by atoms with Crippen LogP contribution in [0.5, 0.6) is 0 Å². The lowest BCUT2D eigenvalue weighted by molar-refractivity contribution is 0.207. The Balaban J connectivity index is 1.59. The molecule has 0 radical (unpaired) electrons. The van der Waals surface area contributed by atoms with Gasteiger partial charge in [0.2, 0.25) is 0 Å². The molecule has 0 bridgehead atoms. The molecule has 0 aromatic rings. The third-order valence-electron chi connectivity index (χ3n) is 3.25. The van der Waals surface area contributed by atoms with Gasteiger partial charge in [-0.25, -0.2) is 4.79 Å². The van der Waals surface area contributed by atoms with E-state index in [0.717, 1.165) is 32.0 Å². The summed E-state index contributed by atoms with van der Waals surface area (Å²) in [6.45, 7) is 6.18. The van der Waals surface area contributed by atoms with Crippen LogP contribution in [0.2, 0.25) is 0 Å². The Morgan fingerprint density at radius 3 is 2.50 bits per heavy atom. The van der Waals surface area contributed by atoms with Gasteiger partial charge in [0, 0.05) is 31.2 Å². The van der Waals surface area contributed by atoms with Crippen molar-refractivity contribution in [3.63, 3.8) is 0 Å². The van der Waals surface area contributed by atoms with Gasteiger partial charge in [-0.15, -0.1) is 0 Å². The SMILES string of the molecule is CC(C)N(CCNC(=O)NC1CC1)C1CC1. The van der Waals surface area contributed by atoms with E-state index in [4.69, 9.17) is 0 Å². The van der Waals surface area contributed by atoms with Crippen LogP contribution in [0, 0.1) is 0 Å². The van der Waals surface area contributed by atoms with Gasteiger partial charge >= 0.3 is 6.03 Å². The molecule has 2 rings (SSSR count). The summed E-state index contributed by atoms with van der Waals surface area (Å²) >= 11 is 0. The smallest absolute Gasteiger partial charge is 0.315 e. The minimum absolute atomic E-state index is 0.00185. The summed E-state index contributed by atoms with van der Waals surface area (Å²) < 4.78 is 0. The van der Waals surface area contributed by atoms with Gasteiger partial charge in [-0.05, 0) is 39.5 Å². The number of nitrogens with one attached hydrogen (secondary N) is 2. The largest absolute Gasteiger partial charge is 0.337 e. The number of amides is 2. The van der Waals surface area contributed by atoms with Gasteiger partial charge in [-0.2, -0.15) is 0 Å². The topological polar surface area (TPSA) is 44.4 Å². The molecule has 0 saturated heterocycles. The van der Waals surface area contributed by atoms with Gasteiger partial charge in [0.15, 0.2) is 0 Å². The first-order chi connectivity index (χ1) is 7.66. The second-order valence-electron chi connectivity index (χ2n) is 5.24. The lowest BCUT2D eigenvalue weighted by Crippen LogP contribution is -2.43. The molecule has 0 aromatic heterocycles. The fourth-order valence-corrected chi connectivity index (χ4v) is 2.03. The fourth-order valence-electron chi connectivity index (χ4n) is 2.03. The van der Waals surface area contributed by atoms with Gasteiger partial charge in [-0.1, -0.05) is 0 Å². The summed E-state index contributed by atoms with van der Waals surface area (Å²) in [6, 6.07) is 1.81. The van der Waals surface area contributed by atoms with Crippen molar-refractivity contribution in [3.05, 3.63) is 0 Å². The van der Waals surface area contributed by atoms with Crippen LogP contribution in [0.15, 0.2) is 0 Å². The minimum atomic E-state index is 0.00185. The van der Waals surface area contributed by atoms with E-state index in [1.807, 2.05) is 0 Å². The maximum absolute atomic E-state index is 11.4. The summed E-state index contributed by atoms with van der Waals surface area (Å²) in [5.41, 5.74) is 0. The maximum Gasteiger partial charge on any atom is 0.315 e. The van der Waals surface area contributed by atoms with Crippen molar-refractivity contribution in [1.29, 1.82) is 0 Å². The van der Waals surface area contributed by atoms with E-state index >= 15 is 0 Å². The van der Waals surface area contributed by atoms with Crippen molar-refractivity contribution in [1.82, 2.24) is 15.5 Å². The van der Waals surface area contributed by atoms with E-state index in [-0.39, 0.29) is 6.03 Å². The molecule has 0 heterocycles. The molecule has 0 aliphatic heterocycles. The first-order valence-electron chi connectivity index (χ1n) is 6.47. The van der Waals surface area contributed by atoms with E-state index in [1.54, 1.807) is 0 Å². The highest BCUT2D eigenvalue weighted by Crippen LogP contribution is 2.27. The number of carbonyl (C=O) groups is 1. The summed E-state index contributed by atoms with van der Waals surface area (Å²) in [6.07, 6.45) is 4.94. The predicted octanol–water partition coefficient (Wildman–Crippen LogP) is 1.32. The third kappa shape index (κ3) is 3.67. The Bertz CT molecular complexity index is 245. The zero-order valence-electron chi connectivity index (χ0n) is 10.3. The van der Waals surface area contributed by atoms with Crippen molar-refractivity contribution in [3.8, 4) is 0 Å². The number of rotatable bonds is 6. The van der Waals surface area contributed by atoms with Crippen LogP contribution in [0.4, 0.5) is 4.79 Å². The molecule has 0 atom stereocenters.